The maximum Gasteiger partial charge on any atom is 0.416 e. The third-order valence-electron chi connectivity index (χ3n) is 3.97. The summed E-state index contributed by atoms with van der Waals surface area (Å²) in [6.45, 7) is 0. The SMILES string of the molecule is O=c1ccn(-c2cccc(C(F)(F)F)c2)nc1-c1occ2ccccc12. The number of aromatic nitrogens is 2. The Hall–Kier alpha value is -3.35. The van der Waals surface area contributed by atoms with E-state index >= 15 is 0 Å². The summed E-state index contributed by atoms with van der Waals surface area (Å²) < 4.78 is 45.5. The van der Waals surface area contributed by atoms with E-state index in [0.717, 1.165) is 17.5 Å². The predicted molar refractivity (Wildman–Crippen MR) is 90.0 cm³/mol. The van der Waals surface area contributed by atoms with Crippen molar-refractivity contribution in [2.75, 3.05) is 0 Å². The molecule has 2 aromatic carbocycles. The zero-order chi connectivity index (χ0) is 18.3. The molecule has 0 aliphatic carbocycles. The first-order valence-electron chi connectivity index (χ1n) is 7.68. The van der Waals surface area contributed by atoms with Crippen molar-refractivity contribution in [1.82, 2.24) is 9.78 Å². The predicted octanol–water partition coefficient (Wildman–Crippen LogP) is 4.66. The molecule has 7 heteroatoms. The smallest absolute Gasteiger partial charge is 0.416 e. The lowest BCUT2D eigenvalue weighted by Crippen LogP contribution is -2.13. The Morgan fingerprint density at radius 1 is 1.00 bits per heavy atom. The molecule has 2 heterocycles. The van der Waals surface area contributed by atoms with Gasteiger partial charge in [0, 0.05) is 23.0 Å². The van der Waals surface area contributed by atoms with Gasteiger partial charge < -0.3 is 4.42 Å². The van der Waals surface area contributed by atoms with E-state index < -0.39 is 11.7 Å². The number of hydrogen-bond donors (Lipinski definition) is 0. The number of benzene rings is 2. The van der Waals surface area contributed by atoms with Crippen LogP contribution in [0.5, 0.6) is 0 Å². The summed E-state index contributed by atoms with van der Waals surface area (Å²) in [7, 11) is 0. The van der Waals surface area contributed by atoms with Crippen LogP contribution in [0.2, 0.25) is 0 Å². The summed E-state index contributed by atoms with van der Waals surface area (Å²) >= 11 is 0. The van der Waals surface area contributed by atoms with Gasteiger partial charge in [-0.15, -0.1) is 0 Å². The highest BCUT2D eigenvalue weighted by atomic mass is 19.4. The Labute approximate surface area is 145 Å². The number of hydrogen-bond acceptors (Lipinski definition) is 3. The Morgan fingerprint density at radius 3 is 2.62 bits per heavy atom. The van der Waals surface area contributed by atoms with E-state index in [1.165, 1.54) is 35.3 Å². The number of nitrogens with zero attached hydrogens (tertiary/aromatic N) is 2. The van der Waals surface area contributed by atoms with Crippen molar-refractivity contribution < 1.29 is 17.6 Å². The fourth-order valence-corrected chi connectivity index (χ4v) is 2.71. The van der Waals surface area contributed by atoms with Gasteiger partial charge in [0.2, 0.25) is 5.43 Å². The van der Waals surface area contributed by atoms with Crippen LogP contribution in [-0.2, 0) is 6.18 Å². The van der Waals surface area contributed by atoms with Crippen molar-refractivity contribution in [3.05, 3.63) is 82.8 Å². The van der Waals surface area contributed by atoms with Gasteiger partial charge in [-0.1, -0.05) is 30.3 Å². The summed E-state index contributed by atoms with van der Waals surface area (Å²) in [6, 6.07) is 13.2. The maximum absolute atomic E-state index is 12.9. The minimum atomic E-state index is -4.46. The van der Waals surface area contributed by atoms with Crippen LogP contribution in [0.1, 0.15) is 5.56 Å². The van der Waals surface area contributed by atoms with Gasteiger partial charge in [-0.25, -0.2) is 4.68 Å². The first kappa shape index (κ1) is 16.1. The maximum atomic E-state index is 12.9. The van der Waals surface area contributed by atoms with Crippen molar-refractivity contribution in [2.24, 2.45) is 0 Å². The Bertz CT molecular complexity index is 1160. The van der Waals surface area contributed by atoms with E-state index in [2.05, 4.69) is 5.10 Å². The summed E-state index contributed by atoms with van der Waals surface area (Å²) in [5, 5.41) is 5.71. The van der Waals surface area contributed by atoms with Gasteiger partial charge in [0.25, 0.3) is 0 Å². The van der Waals surface area contributed by atoms with Gasteiger partial charge >= 0.3 is 6.18 Å². The van der Waals surface area contributed by atoms with Gasteiger partial charge in [-0.3, -0.25) is 4.79 Å². The lowest BCUT2D eigenvalue weighted by Gasteiger charge is -2.10. The summed E-state index contributed by atoms with van der Waals surface area (Å²) in [4.78, 5) is 12.3. The number of fused-ring (bicyclic) bond motifs is 1. The van der Waals surface area contributed by atoms with Crippen molar-refractivity contribution in [3.8, 4) is 17.1 Å². The van der Waals surface area contributed by atoms with Crippen LogP contribution < -0.4 is 5.43 Å². The zero-order valence-electron chi connectivity index (χ0n) is 13.2. The molecule has 0 unspecified atom stereocenters. The van der Waals surface area contributed by atoms with Crippen molar-refractivity contribution in [1.29, 1.82) is 0 Å². The molecule has 0 saturated carbocycles. The fraction of sp³-hybridized carbons (Fsp3) is 0.0526. The zero-order valence-corrected chi connectivity index (χ0v) is 13.2. The van der Waals surface area contributed by atoms with Gasteiger partial charge in [0.15, 0.2) is 11.5 Å². The highest BCUT2D eigenvalue weighted by Crippen LogP contribution is 2.31. The molecule has 0 N–H and O–H groups in total. The molecule has 0 fully saturated rings. The van der Waals surface area contributed by atoms with Crippen LogP contribution in [0.3, 0.4) is 0 Å². The minimum absolute atomic E-state index is 0.0334. The Morgan fingerprint density at radius 2 is 1.81 bits per heavy atom. The summed E-state index contributed by atoms with van der Waals surface area (Å²) in [6.07, 6.45) is -1.63. The second-order valence-electron chi connectivity index (χ2n) is 5.67. The van der Waals surface area contributed by atoms with Crippen molar-refractivity contribution >= 4 is 10.8 Å². The topological polar surface area (TPSA) is 48.0 Å². The number of rotatable bonds is 2. The molecule has 2 aromatic heterocycles. The van der Waals surface area contributed by atoms with E-state index in [0.29, 0.717) is 5.39 Å². The van der Waals surface area contributed by atoms with E-state index in [1.54, 1.807) is 12.1 Å². The molecule has 0 aliphatic rings. The van der Waals surface area contributed by atoms with Crippen LogP contribution in [0.25, 0.3) is 27.9 Å². The molecule has 0 amide bonds. The third kappa shape index (κ3) is 2.77. The molecule has 0 spiro atoms. The van der Waals surface area contributed by atoms with E-state index in [-0.39, 0.29) is 22.6 Å². The highest BCUT2D eigenvalue weighted by Gasteiger charge is 2.30. The molecule has 4 aromatic rings. The number of halogens is 3. The normalized spacial score (nSPS) is 11.8. The minimum Gasteiger partial charge on any atom is -0.461 e. The quantitative estimate of drug-likeness (QED) is 0.525. The second-order valence-corrected chi connectivity index (χ2v) is 5.67. The van der Waals surface area contributed by atoms with Crippen molar-refractivity contribution in [2.45, 2.75) is 6.18 Å². The number of alkyl halides is 3. The standard InChI is InChI=1S/C19H11F3N2O2/c20-19(21,22)13-5-3-6-14(10-13)24-9-8-16(25)17(23-24)18-15-7-2-1-4-12(15)11-26-18/h1-11H. The molecule has 130 valence electrons. The largest absolute Gasteiger partial charge is 0.461 e. The monoisotopic (exact) mass is 356 g/mol. The fourth-order valence-electron chi connectivity index (χ4n) is 2.71. The lowest BCUT2D eigenvalue weighted by molar-refractivity contribution is -0.137. The molecule has 4 rings (SSSR count). The van der Waals surface area contributed by atoms with E-state index in [9.17, 15) is 18.0 Å². The van der Waals surface area contributed by atoms with Gasteiger partial charge in [-0.05, 0) is 18.2 Å². The molecule has 0 bridgehead atoms. The van der Waals surface area contributed by atoms with Crippen LogP contribution in [0.15, 0.2) is 76.3 Å². The molecule has 0 saturated heterocycles. The number of furan rings is 1. The van der Waals surface area contributed by atoms with E-state index in [4.69, 9.17) is 4.42 Å². The molecular weight excluding hydrogens is 345 g/mol. The van der Waals surface area contributed by atoms with Crippen LogP contribution in [0.4, 0.5) is 13.2 Å². The van der Waals surface area contributed by atoms with Gasteiger partial charge in [-0.2, -0.15) is 18.3 Å². The van der Waals surface area contributed by atoms with Gasteiger partial charge in [0.1, 0.15) is 0 Å². The van der Waals surface area contributed by atoms with Crippen molar-refractivity contribution in [3.63, 3.8) is 0 Å². The molecular formula is C19H11F3N2O2. The molecule has 0 atom stereocenters. The molecule has 0 aliphatic heterocycles. The first-order chi connectivity index (χ1) is 12.4. The van der Waals surface area contributed by atoms with Crippen LogP contribution in [-0.4, -0.2) is 9.78 Å². The summed E-state index contributed by atoms with van der Waals surface area (Å²) in [5.41, 5.74) is -0.947. The molecule has 26 heavy (non-hydrogen) atoms. The highest BCUT2D eigenvalue weighted by molar-refractivity contribution is 5.93. The average Bonchev–Trinajstić information content (AvgIpc) is 3.05. The molecule has 0 radical (unpaired) electrons. The second kappa shape index (κ2) is 5.87. The Kier molecular flexibility index (Phi) is 3.64. The summed E-state index contributed by atoms with van der Waals surface area (Å²) in [5.74, 6) is 0.284. The third-order valence-corrected chi connectivity index (χ3v) is 3.97. The average molecular weight is 356 g/mol. The first-order valence-corrected chi connectivity index (χ1v) is 7.68. The Balaban J connectivity index is 1.87. The van der Waals surface area contributed by atoms with Gasteiger partial charge in [0.05, 0.1) is 17.5 Å². The van der Waals surface area contributed by atoms with E-state index in [1.807, 2.05) is 12.1 Å². The van der Waals surface area contributed by atoms with Crippen LogP contribution in [0, 0.1) is 0 Å². The lowest BCUT2D eigenvalue weighted by atomic mass is 10.1. The van der Waals surface area contributed by atoms with Crippen LogP contribution >= 0.6 is 0 Å². The molecule has 4 nitrogen and oxygen atoms in total.